The summed E-state index contributed by atoms with van der Waals surface area (Å²) in [6.07, 6.45) is 2.63. The average molecular weight is 330 g/mol. The van der Waals surface area contributed by atoms with E-state index < -0.39 is 0 Å². The van der Waals surface area contributed by atoms with Crippen molar-refractivity contribution in [1.82, 2.24) is 15.0 Å². The second-order valence-corrected chi connectivity index (χ2v) is 5.92. The molecule has 1 aromatic heterocycles. The summed E-state index contributed by atoms with van der Waals surface area (Å²) in [4.78, 5) is 18.5. The van der Waals surface area contributed by atoms with E-state index in [1.165, 1.54) is 0 Å². The molecule has 2 heterocycles. The van der Waals surface area contributed by atoms with E-state index >= 15 is 0 Å². The Balaban J connectivity index is 1.57. The monoisotopic (exact) mass is 330 g/mol. The third-order valence-electron chi connectivity index (χ3n) is 4.03. The molecule has 7 heteroatoms. The SMILES string of the molecule is CCc1nc(COc2ccc(C(=O)N3CCCC(N)C3)cc2)no1. The van der Waals surface area contributed by atoms with Gasteiger partial charge in [0.1, 0.15) is 5.75 Å². The molecule has 3 rings (SSSR count). The topological polar surface area (TPSA) is 94.5 Å². The van der Waals surface area contributed by atoms with Crippen LogP contribution < -0.4 is 10.5 Å². The number of likely N-dealkylation sites (tertiary alicyclic amines) is 1. The van der Waals surface area contributed by atoms with Crippen LogP contribution in [0.4, 0.5) is 0 Å². The van der Waals surface area contributed by atoms with Crippen LogP contribution in [0.25, 0.3) is 0 Å². The molecule has 0 saturated carbocycles. The van der Waals surface area contributed by atoms with Crippen molar-refractivity contribution in [3.8, 4) is 5.75 Å². The van der Waals surface area contributed by atoms with E-state index in [1.807, 2.05) is 11.8 Å². The van der Waals surface area contributed by atoms with Crippen LogP contribution in [0, 0.1) is 0 Å². The standard InChI is InChI=1S/C17H22N4O3/c1-2-16-19-15(20-24-16)11-23-14-7-5-12(6-8-14)17(22)21-9-3-4-13(18)10-21/h5-8,13H,2-4,9-11,18H2,1H3. The molecule has 1 unspecified atom stereocenters. The van der Waals surface area contributed by atoms with E-state index in [9.17, 15) is 4.79 Å². The van der Waals surface area contributed by atoms with Crippen LogP contribution in [-0.2, 0) is 13.0 Å². The Labute approximate surface area is 140 Å². The smallest absolute Gasteiger partial charge is 0.253 e. The molecule has 128 valence electrons. The molecule has 1 amide bonds. The van der Waals surface area contributed by atoms with Crippen LogP contribution in [0.5, 0.6) is 5.75 Å². The first-order valence-corrected chi connectivity index (χ1v) is 8.25. The summed E-state index contributed by atoms with van der Waals surface area (Å²) < 4.78 is 10.6. The zero-order chi connectivity index (χ0) is 16.9. The van der Waals surface area contributed by atoms with Crippen molar-refractivity contribution in [2.75, 3.05) is 13.1 Å². The molecule has 1 saturated heterocycles. The molecule has 1 aliphatic heterocycles. The highest BCUT2D eigenvalue weighted by Gasteiger charge is 2.22. The highest BCUT2D eigenvalue weighted by Crippen LogP contribution is 2.17. The van der Waals surface area contributed by atoms with Crippen LogP contribution in [0.15, 0.2) is 28.8 Å². The number of piperidine rings is 1. The molecule has 0 spiro atoms. The largest absolute Gasteiger partial charge is 0.485 e. The Kier molecular flexibility index (Phi) is 5.10. The van der Waals surface area contributed by atoms with Crippen LogP contribution in [0.3, 0.4) is 0 Å². The quantitative estimate of drug-likeness (QED) is 0.898. The van der Waals surface area contributed by atoms with Crippen molar-refractivity contribution in [2.45, 2.75) is 38.8 Å². The van der Waals surface area contributed by atoms with Gasteiger partial charge in [0.25, 0.3) is 5.91 Å². The zero-order valence-electron chi connectivity index (χ0n) is 13.8. The van der Waals surface area contributed by atoms with Crippen molar-refractivity contribution < 1.29 is 14.1 Å². The van der Waals surface area contributed by atoms with E-state index in [0.717, 1.165) is 19.4 Å². The summed E-state index contributed by atoms with van der Waals surface area (Å²) in [5.41, 5.74) is 6.58. The maximum Gasteiger partial charge on any atom is 0.253 e. The third kappa shape index (κ3) is 3.91. The Morgan fingerprint density at radius 3 is 2.88 bits per heavy atom. The minimum absolute atomic E-state index is 0.0162. The first-order valence-electron chi connectivity index (χ1n) is 8.25. The number of carbonyl (C=O) groups excluding carboxylic acids is 1. The lowest BCUT2D eigenvalue weighted by Gasteiger charge is -2.30. The minimum atomic E-state index is 0.0162. The zero-order valence-corrected chi connectivity index (χ0v) is 13.8. The fraction of sp³-hybridized carbons (Fsp3) is 0.471. The number of aryl methyl sites for hydroxylation is 1. The predicted octanol–water partition coefficient (Wildman–Crippen LogP) is 1.77. The number of benzene rings is 1. The summed E-state index contributed by atoms with van der Waals surface area (Å²) in [6, 6.07) is 7.17. The Bertz CT molecular complexity index is 683. The van der Waals surface area contributed by atoms with E-state index in [2.05, 4.69) is 10.1 Å². The van der Waals surface area contributed by atoms with Gasteiger partial charge in [0.15, 0.2) is 6.61 Å². The minimum Gasteiger partial charge on any atom is -0.485 e. The summed E-state index contributed by atoms with van der Waals surface area (Å²) in [7, 11) is 0. The van der Waals surface area contributed by atoms with Gasteiger partial charge in [-0.25, -0.2) is 0 Å². The van der Waals surface area contributed by atoms with Gasteiger partial charge in [-0.1, -0.05) is 12.1 Å². The number of rotatable bonds is 5. The Morgan fingerprint density at radius 2 is 2.21 bits per heavy atom. The summed E-state index contributed by atoms with van der Waals surface area (Å²) in [6.45, 7) is 3.57. The number of hydrogen-bond donors (Lipinski definition) is 1. The lowest BCUT2D eigenvalue weighted by Crippen LogP contribution is -2.45. The van der Waals surface area contributed by atoms with Crippen molar-refractivity contribution >= 4 is 5.91 Å². The van der Waals surface area contributed by atoms with Crippen LogP contribution in [0.1, 0.15) is 41.8 Å². The van der Waals surface area contributed by atoms with Gasteiger partial charge < -0.3 is 19.9 Å². The number of ether oxygens (including phenoxy) is 1. The first kappa shape index (κ1) is 16.4. The molecule has 1 aliphatic rings. The van der Waals surface area contributed by atoms with Gasteiger partial charge in [-0.2, -0.15) is 4.98 Å². The number of carbonyl (C=O) groups is 1. The van der Waals surface area contributed by atoms with Crippen LogP contribution in [-0.4, -0.2) is 40.1 Å². The second kappa shape index (κ2) is 7.44. The number of aromatic nitrogens is 2. The lowest BCUT2D eigenvalue weighted by atomic mass is 10.1. The van der Waals surface area contributed by atoms with Gasteiger partial charge in [0.05, 0.1) is 0 Å². The molecular formula is C17H22N4O3. The average Bonchev–Trinajstić information content (AvgIpc) is 3.08. The maximum atomic E-state index is 12.5. The second-order valence-electron chi connectivity index (χ2n) is 5.92. The number of nitrogens with two attached hydrogens (primary N) is 1. The van der Waals surface area contributed by atoms with Gasteiger partial charge in [-0.3, -0.25) is 4.79 Å². The number of nitrogens with zero attached hydrogens (tertiary/aromatic N) is 3. The van der Waals surface area contributed by atoms with Gasteiger partial charge in [0, 0.05) is 31.1 Å². The number of amides is 1. The Morgan fingerprint density at radius 1 is 1.42 bits per heavy atom. The Hall–Kier alpha value is -2.41. The van der Waals surface area contributed by atoms with Gasteiger partial charge in [-0.15, -0.1) is 0 Å². The third-order valence-corrected chi connectivity index (χ3v) is 4.03. The van der Waals surface area contributed by atoms with Crippen molar-refractivity contribution in [3.63, 3.8) is 0 Å². The van der Waals surface area contributed by atoms with Crippen LogP contribution >= 0.6 is 0 Å². The van der Waals surface area contributed by atoms with E-state index in [1.54, 1.807) is 24.3 Å². The molecular weight excluding hydrogens is 308 g/mol. The van der Waals surface area contributed by atoms with Gasteiger partial charge in [0.2, 0.25) is 11.7 Å². The number of hydrogen-bond acceptors (Lipinski definition) is 6. The predicted molar refractivity (Wildman–Crippen MR) is 87.6 cm³/mol. The molecule has 0 radical (unpaired) electrons. The van der Waals surface area contributed by atoms with Crippen LogP contribution in [0.2, 0.25) is 0 Å². The van der Waals surface area contributed by atoms with Gasteiger partial charge >= 0.3 is 0 Å². The molecule has 1 aromatic carbocycles. The molecule has 24 heavy (non-hydrogen) atoms. The van der Waals surface area contributed by atoms with E-state index in [0.29, 0.717) is 36.0 Å². The fourth-order valence-corrected chi connectivity index (χ4v) is 2.71. The summed E-state index contributed by atoms with van der Waals surface area (Å²) in [5, 5.41) is 3.83. The molecule has 7 nitrogen and oxygen atoms in total. The molecule has 1 atom stereocenters. The summed E-state index contributed by atoms with van der Waals surface area (Å²) >= 11 is 0. The molecule has 2 aromatic rings. The van der Waals surface area contributed by atoms with E-state index in [-0.39, 0.29) is 18.6 Å². The molecule has 0 bridgehead atoms. The highest BCUT2D eigenvalue weighted by atomic mass is 16.5. The normalized spacial score (nSPS) is 17.8. The lowest BCUT2D eigenvalue weighted by molar-refractivity contribution is 0.0709. The summed E-state index contributed by atoms with van der Waals surface area (Å²) in [5.74, 6) is 1.77. The first-order chi connectivity index (χ1) is 11.7. The van der Waals surface area contributed by atoms with Gasteiger partial charge in [-0.05, 0) is 37.1 Å². The van der Waals surface area contributed by atoms with Crippen molar-refractivity contribution in [3.05, 3.63) is 41.5 Å². The highest BCUT2D eigenvalue weighted by molar-refractivity contribution is 5.94. The van der Waals surface area contributed by atoms with E-state index in [4.69, 9.17) is 15.0 Å². The molecule has 0 aliphatic carbocycles. The van der Waals surface area contributed by atoms with Crippen molar-refractivity contribution in [1.29, 1.82) is 0 Å². The fourth-order valence-electron chi connectivity index (χ4n) is 2.71. The maximum absolute atomic E-state index is 12.5. The van der Waals surface area contributed by atoms with Crippen molar-refractivity contribution in [2.24, 2.45) is 5.73 Å². The molecule has 2 N–H and O–H groups in total. The molecule has 1 fully saturated rings.